The Hall–Kier alpha value is -0.510. The summed E-state index contributed by atoms with van der Waals surface area (Å²) in [7, 11) is 0. The first-order chi connectivity index (χ1) is 6.40. The van der Waals surface area contributed by atoms with E-state index in [4.69, 9.17) is 16.4 Å². The zero-order valence-corrected chi connectivity index (χ0v) is 10.1. The van der Waals surface area contributed by atoms with Gasteiger partial charge in [0.25, 0.3) is 0 Å². The van der Waals surface area contributed by atoms with E-state index in [1.54, 1.807) is 0 Å². The van der Waals surface area contributed by atoms with Gasteiger partial charge in [0.15, 0.2) is 0 Å². The standard InChI is InChI=1S/C10H14ClNOS/c1-7(12-13-10(2,3)4)9-8(11)5-6-14-9/h5-6,12H,1H2,2-4H3. The van der Waals surface area contributed by atoms with Gasteiger partial charge in [0, 0.05) is 0 Å². The SMILES string of the molecule is C=C(NOC(C)(C)C)c1sccc1Cl. The zero-order chi connectivity index (χ0) is 10.8. The molecule has 1 heterocycles. The second-order valence-electron chi connectivity index (χ2n) is 3.89. The van der Waals surface area contributed by atoms with Gasteiger partial charge >= 0.3 is 0 Å². The fourth-order valence-electron chi connectivity index (χ4n) is 0.770. The lowest BCUT2D eigenvalue weighted by atomic mass is 10.2. The van der Waals surface area contributed by atoms with Crippen molar-refractivity contribution in [2.24, 2.45) is 0 Å². The van der Waals surface area contributed by atoms with Crippen LogP contribution >= 0.6 is 22.9 Å². The quantitative estimate of drug-likeness (QED) is 0.802. The summed E-state index contributed by atoms with van der Waals surface area (Å²) in [6.45, 7) is 9.74. The van der Waals surface area contributed by atoms with E-state index in [1.165, 1.54) is 11.3 Å². The second kappa shape index (κ2) is 4.34. The van der Waals surface area contributed by atoms with Crippen LogP contribution in [0.5, 0.6) is 0 Å². The molecule has 4 heteroatoms. The smallest absolute Gasteiger partial charge is 0.0876 e. The van der Waals surface area contributed by atoms with Crippen molar-refractivity contribution in [2.75, 3.05) is 0 Å². The maximum Gasteiger partial charge on any atom is 0.0876 e. The fraction of sp³-hybridized carbons (Fsp3) is 0.400. The average Bonchev–Trinajstić information content (AvgIpc) is 2.46. The van der Waals surface area contributed by atoms with Gasteiger partial charge in [0.1, 0.15) is 0 Å². The summed E-state index contributed by atoms with van der Waals surface area (Å²) in [5, 5.41) is 2.62. The van der Waals surface area contributed by atoms with E-state index in [0.29, 0.717) is 10.7 Å². The van der Waals surface area contributed by atoms with Crippen LogP contribution in [-0.4, -0.2) is 5.60 Å². The maximum atomic E-state index is 5.94. The number of hydrogen-bond donors (Lipinski definition) is 1. The third kappa shape index (κ3) is 3.33. The van der Waals surface area contributed by atoms with Gasteiger partial charge in [-0.3, -0.25) is 10.3 Å². The van der Waals surface area contributed by atoms with Crippen LogP contribution in [0.15, 0.2) is 18.0 Å². The molecule has 0 radical (unpaired) electrons. The Morgan fingerprint density at radius 3 is 2.64 bits per heavy atom. The summed E-state index contributed by atoms with van der Waals surface area (Å²) in [4.78, 5) is 6.28. The van der Waals surface area contributed by atoms with Gasteiger partial charge < -0.3 is 0 Å². The van der Waals surface area contributed by atoms with E-state index >= 15 is 0 Å². The number of nitrogens with one attached hydrogen (secondary N) is 1. The first-order valence-electron chi connectivity index (χ1n) is 4.26. The van der Waals surface area contributed by atoms with E-state index in [9.17, 15) is 0 Å². The molecule has 0 saturated carbocycles. The Balaban J connectivity index is 2.56. The first-order valence-corrected chi connectivity index (χ1v) is 5.52. The predicted octanol–water partition coefficient (Wildman–Crippen LogP) is 3.69. The summed E-state index contributed by atoms with van der Waals surface area (Å²) < 4.78 is 0. The summed E-state index contributed by atoms with van der Waals surface area (Å²) in [5.74, 6) is 0. The van der Waals surface area contributed by atoms with Crippen molar-refractivity contribution in [3.05, 3.63) is 27.9 Å². The van der Waals surface area contributed by atoms with Crippen molar-refractivity contribution in [2.45, 2.75) is 26.4 Å². The lowest BCUT2D eigenvalue weighted by molar-refractivity contribution is -0.0468. The normalized spacial score (nSPS) is 11.4. The average molecular weight is 232 g/mol. The summed E-state index contributed by atoms with van der Waals surface area (Å²) >= 11 is 7.47. The minimum Gasteiger partial charge on any atom is -0.270 e. The van der Waals surface area contributed by atoms with Crippen LogP contribution in [-0.2, 0) is 4.84 Å². The molecule has 0 aliphatic carbocycles. The van der Waals surface area contributed by atoms with Crippen molar-refractivity contribution < 1.29 is 4.84 Å². The fourth-order valence-corrected chi connectivity index (χ4v) is 1.86. The van der Waals surface area contributed by atoms with Gasteiger partial charge in [-0.15, -0.1) is 11.3 Å². The van der Waals surface area contributed by atoms with Crippen molar-refractivity contribution in [1.29, 1.82) is 0 Å². The van der Waals surface area contributed by atoms with Crippen molar-refractivity contribution in [3.8, 4) is 0 Å². The van der Waals surface area contributed by atoms with Gasteiger partial charge in [-0.05, 0) is 32.2 Å². The van der Waals surface area contributed by atoms with Crippen LogP contribution in [0, 0.1) is 0 Å². The molecular weight excluding hydrogens is 218 g/mol. The predicted molar refractivity (Wildman–Crippen MR) is 62.3 cm³/mol. The summed E-state index contributed by atoms with van der Waals surface area (Å²) in [6.07, 6.45) is 0. The highest BCUT2D eigenvalue weighted by Gasteiger charge is 2.12. The lowest BCUT2D eigenvalue weighted by Gasteiger charge is -2.20. The highest BCUT2D eigenvalue weighted by molar-refractivity contribution is 7.11. The van der Waals surface area contributed by atoms with E-state index < -0.39 is 0 Å². The topological polar surface area (TPSA) is 21.3 Å². The van der Waals surface area contributed by atoms with Crippen LogP contribution < -0.4 is 5.48 Å². The van der Waals surface area contributed by atoms with Crippen molar-refractivity contribution in [1.82, 2.24) is 5.48 Å². The number of hydroxylamine groups is 1. The summed E-state index contributed by atoms with van der Waals surface area (Å²) in [5.41, 5.74) is 3.25. The van der Waals surface area contributed by atoms with Gasteiger partial charge in [-0.2, -0.15) is 0 Å². The van der Waals surface area contributed by atoms with Gasteiger partial charge in [-0.25, -0.2) is 0 Å². The highest BCUT2D eigenvalue weighted by atomic mass is 35.5. The van der Waals surface area contributed by atoms with Gasteiger partial charge in [0.05, 0.1) is 21.2 Å². The minimum absolute atomic E-state index is 0.243. The molecule has 78 valence electrons. The third-order valence-corrected chi connectivity index (χ3v) is 2.77. The molecule has 0 bridgehead atoms. The molecule has 1 N–H and O–H groups in total. The van der Waals surface area contributed by atoms with Crippen LogP contribution in [0.25, 0.3) is 5.70 Å². The molecule has 1 aromatic rings. The van der Waals surface area contributed by atoms with E-state index in [0.717, 1.165) is 4.88 Å². The van der Waals surface area contributed by atoms with E-state index in [1.807, 2.05) is 32.2 Å². The molecule has 0 fully saturated rings. The molecule has 0 spiro atoms. The molecule has 0 aliphatic heterocycles. The largest absolute Gasteiger partial charge is 0.270 e. The number of halogens is 1. The van der Waals surface area contributed by atoms with Crippen LogP contribution in [0.3, 0.4) is 0 Å². The molecule has 14 heavy (non-hydrogen) atoms. The molecule has 1 rings (SSSR count). The highest BCUT2D eigenvalue weighted by Crippen LogP contribution is 2.27. The molecule has 0 saturated heterocycles. The van der Waals surface area contributed by atoms with Gasteiger partial charge in [0.2, 0.25) is 0 Å². The molecule has 0 aliphatic rings. The molecule has 2 nitrogen and oxygen atoms in total. The minimum atomic E-state index is -0.243. The Bertz CT molecular complexity index is 327. The Kier molecular flexibility index (Phi) is 3.59. The van der Waals surface area contributed by atoms with E-state index in [2.05, 4.69) is 12.1 Å². The third-order valence-electron chi connectivity index (χ3n) is 1.37. The van der Waals surface area contributed by atoms with Crippen molar-refractivity contribution >= 4 is 28.6 Å². The molecular formula is C10H14ClNOS. The Morgan fingerprint density at radius 2 is 2.21 bits per heavy atom. The van der Waals surface area contributed by atoms with E-state index in [-0.39, 0.29) is 5.60 Å². The molecule has 0 amide bonds. The number of rotatable bonds is 3. The molecule has 0 unspecified atom stereocenters. The molecule has 0 atom stereocenters. The Labute approximate surface area is 93.5 Å². The lowest BCUT2D eigenvalue weighted by Crippen LogP contribution is -2.27. The van der Waals surface area contributed by atoms with Crippen LogP contribution in [0.1, 0.15) is 25.6 Å². The van der Waals surface area contributed by atoms with Crippen molar-refractivity contribution in [3.63, 3.8) is 0 Å². The van der Waals surface area contributed by atoms with Gasteiger partial charge in [-0.1, -0.05) is 18.2 Å². The monoisotopic (exact) mass is 231 g/mol. The maximum absolute atomic E-state index is 5.94. The van der Waals surface area contributed by atoms with Crippen LogP contribution in [0.2, 0.25) is 5.02 Å². The summed E-state index contributed by atoms with van der Waals surface area (Å²) in [6, 6.07) is 1.84. The zero-order valence-electron chi connectivity index (χ0n) is 8.56. The first kappa shape index (κ1) is 11.6. The number of hydrogen-bond acceptors (Lipinski definition) is 3. The molecule has 0 aromatic carbocycles. The second-order valence-corrected chi connectivity index (χ2v) is 5.22. The Morgan fingerprint density at radius 1 is 1.57 bits per heavy atom. The van der Waals surface area contributed by atoms with Crippen LogP contribution in [0.4, 0.5) is 0 Å². The molecule has 1 aromatic heterocycles. The number of thiophene rings is 1.